The third-order valence-corrected chi connectivity index (χ3v) is 4.79. The van der Waals surface area contributed by atoms with Gasteiger partial charge in [-0.2, -0.15) is 13.2 Å². The minimum Gasteiger partial charge on any atom is -0.467 e. The summed E-state index contributed by atoms with van der Waals surface area (Å²) in [6.07, 6.45) is -4.31. The number of methoxy groups -OCH3 is 1. The number of hydrogen-bond donors (Lipinski definition) is 0. The van der Waals surface area contributed by atoms with E-state index in [0.29, 0.717) is 11.3 Å². The monoisotopic (exact) mass is 420 g/mol. The second-order valence-electron chi connectivity index (χ2n) is 6.64. The van der Waals surface area contributed by atoms with Crippen LogP contribution < -0.4 is 0 Å². The highest BCUT2D eigenvalue weighted by molar-refractivity contribution is 6.04. The number of halogens is 3. The van der Waals surface area contributed by atoms with E-state index < -0.39 is 29.7 Å². The molecule has 158 valence electrons. The maximum absolute atomic E-state index is 13.3. The quantitative estimate of drug-likeness (QED) is 0.558. The Kier molecular flexibility index (Phi) is 6.09. The molecular weight excluding hydrogens is 401 g/mol. The van der Waals surface area contributed by atoms with Crippen molar-refractivity contribution in [3.8, 4) is 11.1 Å². The molecule has 1 saturated heterocycles. The Labute approximate surface area is 170 Å². The van der Waals surface area contributed by atoms with Crippen LogP contribution in [-0.4, -0.2) is 49.3 Å². The molecule has 30 heavy (non-hydrogen) atoms. The second kappa shape index (κ2) is 8.56. The molecular formula is C21H19F3N2O4. The number of likely N-dealkylation sites (tertiary alicyclic amines) is 1. The second-order valence-corrected chi connectivity index (χ2v) is 6.64. The van der Waals surface area contributed by atoms with Crippen molar-refractivity contribution in [1.82, 2.24) is 4.90 Å². The average Bonchev–Trinajstić information content (AvgIpc) is 3.16. The van der Waals surface area contributed by atoms with Crippen molar-refractivity contribution in [2.75, 3.05) is 20.8 Å². The molecule has 0 aromatic heterocycles. The van der Waals surface area contributed by atoms with Crippen LogP contribution in [0.1, 0.15) is 22.3 Å². The summed E-state index contributed by atoms with van der Waals surface area (Å²) in [5.41, 5.74) is 0.335. The van der Waals surface area contributed by atoms with Crippen LogP contribution in [-0.2, 0) is 20.5 Å². The van der Waals surface area contributed by atoms with E-state index in [4.69, 9.17) is 9.57 Å². The molecule has 0 saturated carbocycles. The van der Waals surface area contributed by atoms with E-state index in [2.05, 4.69) is 5.16 Å². The number of hydrogen-bond acceptors (Lipinski definition) is 5. The molecule has 0 bridgehead atoms. The van der Waals surface area contributed by atoms with Gasteiger partial charge in [0.2, 0.25) is 0 Å². The zero-order valence-electron chi connectivity index (χ0n) is 16.3. The van der Waals surface area contributed by atoms with E-state index in [1.165, 1.54) is 61.6 Å². The number of carbonyl (C=O) groups is 2. The molecule has 2 aromatic carbocycles. The summed E-state index contributed by atoms with van der Waals surface area (Å²) in [5.74, 6) is -1.04. The van der Waals surface area contributed by atoms with Gasteiger partial charge >= 0.3 is 12.1 Å². The molecule has 2 aromatic rings. The topological polar surface area (TPSA) is 68.2 Å². The Morgan fingerprint density at radius 2 is 1.73 bits per heavy atom. The largest absolute Gasteiger partial charge is 0.467 e. The van der Waals surface area contributed by atoms with Gasteiger partial charge in [0.15, 0.2) is 0 Å². The first-order valence-electron chi connectivity index (χ1n) is 9.00. The third kappa shape index (κ3) is 4.29. The summed E-state index contributed by atoms with van der Waals surface area (Å²) in [4.78, 5) is 31.0. The lowest BCUT2D eigenvalue weighted by atomic mass is 9.98. The highest BCUT2D eigenvalue weighted by Gasteiger charge is 2.39. The molecule has 0 unspecified atom stereocenters. The summed E-state index contributed by atoms with van der Waals surface area (Å²) >= 11 is 0. The Hall–Kier alpha value is -3.36. The zero-order valence-corrected chi connectivity index (χ0v) is 16.3. The van der Waals surface area contributed by atoms with Gasteiger partial charge in [-0.25, -0.2) is 4.79 Å². The average molecular weight is 420 g/mol. The van der Waals surface area contributed by atoms with Crippen molar-refractivity contribution < 1.29 is 32.3 Å². The van der Waals surface area contributed by atoms with Crippen LogP contribution >= 0.6 is 0 Å². The smallest absolute Gasteiger partial charge is 0.417 e. The molecule has 6 nitrogen and oxygen atoms in total. The first-order chi connectivity index (χ1) is 14.3. The molecule has 1 aliphatic heterocycles. The lowest BCUT2D eigenvalue weighted by Gasteiger charge is -2.22. The van der Waals surface area contributed by atoms with Gasteiger partial charge in [0.1, 0.15) is 13.2 Å². The van der Waals surface area contributed by atoms with E-state index in [1.54, 1.807) is 0 Å². The summed E-state index contributed by atoms with van der Waals surface area (Å²) in [5, 5.41) is 3.81. The Balaban J connectivity index is 1.89. The highest BCUT2D eigenvalue weighted by atomic mass is 19.4. The molecule has 0 radical (unpaired) electrons. The van der Waals surface area contributed by atoms with Crippen LogP contribution in [0.5, 0.6) is 0 Å². The fourth-order valence-corrected chi connectivity index (χ4v) is 3.40. The summed E-state index contributed by atoms with van der Waals surface area (Å²) in [7, 11) is 2.59. The molecule has 0 N–H and O–H groups in total. The van der Waals surface area contributed by atoms with E-state index in [9.17, 15) is 22.8 Å². The fourth-order valence-electron chi connectivity index (χ4n) is 3.40. The zero-order chi connectivity index (χ0) is 21.9. The number of carbonyl (C=O) groups excluding carboxylic acids is 2. The SMILES string of the molecule is CO/N=C1/C[C@@H](C(=O)OC)N(C(=O)c2ccc(-c3ccccc3C(F)(F)F)cc2)C1. The van der Waals surface area contributed by atoms with E-state index in [0.717, 1.165) is 6.07 Å². The summed E-state index contributed by atoms with van der Waals surface area (Å²) in [6.45, 7) is 0.0884. The minimum absolute atomic E-state index is 0.0205. The number of esters is 1. The number of oxime groups is 1. The van der Waals surface area contributed by atoms with Crippen LogP contribution in [0.25, 0.3) is 11.1 Å². The predicted molar refractivity (Wildman–Crippen MR) is 103 cm³/mol. The molecule has 9 heteroatoms. The molecule has 0 aliphatic carbocycles. The minimum atomic E-state index is -4.49. The van der Waals surface area contributed by atoms with Crippen molar-refractivity contribution in [2.45, 2.75) is 18.6 Å². The normalized spacial score (nSPS) is 17.8. The lowest BCUT2D eigenvalue weighted by Crippen LogP contribution is -2.41. The van der Waals surface area contributed by atoms with Crippen LogP contribution in [0.4, 0.5) is 13.2 Å². The van der Waals surface area contributed by atoms with Gasteiger partial charge < -0.3 is 14.5 Å². The molecule has 1 heterocycles. The maximum atomic E-state index is 13.3. The van der Waals surface area contributed by atoms with Gasteiger partial charge in [-0.05, 0) is 29.3 Å². The number of ether oxygens (including phenoxy) is 1. The van der Waals surface area contributed by atoms with Crippen molar-refractivity contribution in [2.24, 2.45) is 5.16 Å². The Bertz CT molecular complexity index is 971. The van der Waals surface area contributed by atoms with Crippen molar-refractivity contribution >= 4 is 17.6 Å². The van der Waals surface area contributed by atoms with Crippen molar-refractivity contribution in [1.29, 1.82) is 0 Å². The maximum Gasteiger partial charge on any atom is 0.417 e. The number of rotatable bonds is 4. The summed E-state index contributed by atoms with van der Waals surface area (Å²) in [6, 6.07) is 10.2. The number of amides is 1. The van der Waals surface area contributed by atoms with Gasteiger partial charge in [-0.15, -0.1) is 0 Å². The number of alkyl halides is 3. The molecule has 3 rings (SSSR count). The van der Waals surface area contributed by atoms with Crippen LogP contribution in [0, 0.1) is 0 Å². The number of nitrogens with zero attached hydrogens (tertiary/aromatic N) is 2. The van der Waals surface area contributed by atoms with Crippen LogP contribution in [0.15, 0.2) is 53.7 Å². The molecule has 1 aliphatic rings. The van der Waals surface area contributed by atoms with E-state index >= 15 is 0 Å². The standard InChI is InChI=1S/C21H19F3N2O4/c1-29-20(28)18-11-15(25-30-2)12-26(18)19(27)14-9-7-13(8-10-14)16-5-3-4-6-17(16)21(22,23)24/h3-10,18H,11-12H2,1-2H3/b25-15-/t18-/m0/s1. The first-order valence-corrected chi connectivity index (χ1v) is 9.00. The summed E-state index contributed by atoms with van der Waals surface area (Å²) < 4.78 is 44.6. The fraction of sp³-hybridized carbons (Fsp3) is 0.286. The van der Waals surface area contributed by atoms with Gasteiger partial charge in [0.05, 0.1) is 24.9 Å². The van der Waals surface area contributed by atoms with Gasteiger partial charge in [0.25, 0.3) is 5.91 Å². The first kappa shape index (κ1) is 21.4. The lowest BCUT2D eigenvalue weighted by molar-refractivity contribution is -0.145. The third-order valence-electron chi connectivity index (χ3n) is 4.79. The molecule has 0 spiro atoms. The van der Waals surface area contributed by atoms with E-state index in [1.807, 2.05) is 0 Å². The Morgan fingerprint density at radius 3 is 2.33 bits per heavy atom. The van der Waals surface area contributed by atoms with Crippen LogP contribution in [0.3, 0.4) is 0 Å². The van der Waals surface area contributed by atoms with Gasteiger partial charge in [0, 0.05) is 12.0 Å². The van der Waals surface area contributed by atoms with Gasteiger partial charge in [-0.1, -0.05) is 35.5 Å². The highest BCUT2D eigenvalue weighted by Crippen LogP contribution is 2.37. The molecule has 1 amide bonds. The Morgan fingerprint density at radius 1 is 1.07 bits per heavy atom. The van der Waals surface area contributed by atoms with E-state index in [-0.39, 0.29) is 24.1 Å². The predicted octanol–water partition coefficient (Wildman–Crippen LogP) is 3.76. The van der Waals surface area contributed by atoms with Crippen molar-refractivity contribution in [3.05, 3.63) is 59.7 Å². The molecule has 1 atom stereocenters. The van der Waals surface area contributed by atoms with Crippen LogP contribution in [0.2, 0.25) is 0 Å². The molecule has 1 fully saturated rings. The number of benzene rings is 2. The van der Waals surface area contributed by atoms with Gasteiger partial charge in [-0.3, -0.25) is 4.79 Å². The van der Waals surface area contributed by atoms with Crippen molar-refractivity contribution in [3.63, 3.8) is 0 Å².